The Kier molecular flexibility index (Phi) is 6.07. The van der Waals surface area contributed by atoms with Crippen molar-refractivity contribution in [3.05, 3.63) is 109 Å². The van der Waals surface area contributed by atoms with Gasteiger partial charge in [0.05, 0.1) is 0 Å². The van der Waals surface area contributed by atoms with E-state index in [2.05, 4.69) is 88.6 Å². The van der Waals surface area contributed by atoms with Crippen LogP contribution in [0.2, 0.25) is 0 Å². The molecule has 0 aromatic carbocycles. The van der Waals surface area contributed by atoms with E-state index in [0.29, 0.717) is 0 Å². The summed E-state index contributed by atoms with van der Waals surface area (Å²) in [5.74, 6) is 10.2. The predicted octanol–water partition coefficient (Wildman–Crippen LogP) is 6.71. The molecule has 0 aliphatic heterocycles. The van der Waals surface area contributed by atoms with Gasteiger partial charge >= 0.3 is 37.9 Å². The van der Waals surface area contributed by atoms with Gasteiger partial charge < -0.3 is 0 Å². The summed E-state index contributed by atoms with van der Waals surface area (Å²) in [7, 11) is 9.87. The molecule has 0 nitrogen and oxygen atoms in total. The van der Waals surface area contributed by atoms with E-state index in [1.54, 1.807) is 0 Å². The zero-order valence-electron chi connectivity index (χ0n) is 15.8. The van der Waals surface area contributed by atoms with Crippen LogP contribution in [-0.4, -0.2) is 0 Å². The maximum atomic E-state index is 4.93. The first-order valence-electron chi connectivity index (χ1n) is 9.23. The van der Waals surface area contributed by atoms with Crippen molar-refractivity contribution in [3.8, 4) is 0 Å². The van der Waals surface area contributed by atoms with Crippen molar-refractivity contribution in [3.63, 3.8) is 0 Å². The van der Waals surface area contributed by atoms with Crippen LogP contribution in [0.3, 0.4) is 0 Å². The zero-order valence-corrected chi connectivity index (χ0v) is 19.8. The summed E-state index contributed by atoms with van der Waals surface area (Å²) in [6, 6.07) is 0. The van der Waals surface area contributed by atoms with Gasteiger partial charge in [-0.15, -0.1) is 0 Å². The van der Waals surface area contributed by atoms with Gasteiger partial charge in [0.2, 0.25) is 0 Å². The number of hydrogen-bond acceptors (Lipinski definition) is 0. The van der Waals surface area contributed by atoms with Gasteiger partial charge in [-0.2, -0.15) is 0 Å². The molecule has 0 saturated heterocycles. The monoisotopic (exact) mass is 470 g/mol. The van der Waals surface area contributed by atoms with Crippen molar-refractivity contribution in [2.45, 2.75) is 27.2 Å². The molecule has 10 radical (unpaired) electrons. The van der Waals surface area contributed by atoms with E-state index in [4.69, 9.17) is 17.0 Å². The van der Waals surface area contributed by atoms with Crippen molar-refractivity contribution in [1.29, 1.82) is 0 Å². The third kappa shape index (κ3) is 3.37. The van der Waals surface area contributed by atoms with Gasteiger partial charge in [0, 0.05) is 29.6 Å². The molecule has 134 valence electrons. The van der Waals surface area contributed by atoms with Crippen LogP contribution in [0.4, 0.5) is 0 Å². The number of fused-ring (bicyclic) bond motifs is 4. The average molecular weight is 473 g/mol. The van der Waals surface area contributed by atoms with Crippen LogP contribution < -0.4 is 0 Å². The second-order valence-corrected chi connectivity index (χ2v) is 12.0. The molecule has 0 bridgehead atoms. The maximum absolute atomic E-state index is 4.93. The van der Waals surface area contributed by atoms with Gasteiger partial charge in [-0.1, -0.05) is 69.4 Å². The van der Waals surface area contributed by atoms with Crippen LogP contribution in [0.25, 0.3) is 0 Å². The number of allylic oxidation sites excluding steroid dienone is 8. The SMILES string of the molecule is CC1(C)CC(C)([C]2[C]3C=CC=C[C]3[C]3C=CC=C[C]32)[C]2[CH][CH][CH][C]21.[Cl][Zr+2][Cl]. The Morgan fingerprint density at radius 2 is 1.19 bits per heavy atom. The molecule has 3 heteroatoms. The van der Waals surface area contributed by atoms with Crippen molar-refractivity contribution < 1.29 is 20.8 Å². The van der Waals surface area contributed by atoms with Gasteiger partial charge in [0.1, 0.15) is 0 Å². The molecule has 3 fully saturated rings. The Hall–Kier alpha value is 0.423. The first-order valence-corrected chi connectivity index (χ1v) is 15.6. The fraction of sp³-hybridized carbons (Fsp3) is 0.250. The third-order valence-corrected chi connectivity index (χ3v) is 6.17. The molecule has 0 aromatic heterocycles. The molecule has 27 heavy (non-hydrogen) atoms. The molecule has 0 amide bonds. The summed E-state index contributed by atoms with van der Waals surface area (Å²) < 4.78 is 0. The Bertz CT molecular complexity index is 642. The minimum atomic E-state index is -0.826. The van der Waals surface area contributed by atoms with E-state index in [1.807, 2.05) is 0 Å². The van der Waals surface area contributed by atoms with Crippen LogP contribution in [0.15, 0.2) is 48.6 Å². The summed E-state index contributed by atoms with van der Waals surface area (Å²) in [5.41, 5.74) is 0.304. The second kappa shape index (κ2) is 7.92. The van der Waals surface area contributed by atoms with Gasteiger partial charge in [0.25, 0.3) is 0 Å². The molecule has 0 aromatic rings. The fourth-order valence-corrected chi connectivity index (χ4v) is 5.40. The van der Waals surface area contributed by atoms with Crippen LogP contribution in [0.5, 0.6) is 0 Å². The molecule has 5 aliphatic carbocycles. The molecule has 1 unspecified atom stereocenters. The Labute approximate surface area is 184 Å². The summed E-state index contributed by atoms with van der Waals surface area (Å²) >= 11 is -0.826. The summed E-state index contributed by atoms with van der Waals surface area (Å²) in [6.07, 6.45) is 25.9. The molecule has 5 aliphatic rings. The Morgan fingerprint density at radius 3 is 1.70 bits per heavy atom. The molecule has 0 heterocycles. The second-order valence-electron chi connectivity index (χ2n) is 8.28. The van der Waals surface area contributed by atoms with Crippen LogP contribution in [0, 0.1) is 71.5 Å². The van der Waals surface area contributed by atoms with Crippen molar-refractivity contribution in [2.24, 2.45) is 10.8 Å². The van der Waals surface area contributed by atoms with E-state index >= 15 is 0 Å². The summed E-state index contributed by atoms with van der Waals surface area (Å²) in [5, 5.41) is 0. The van der Waals surface area contributed by atoms with Gasteiger partial charge in [-0.05, 0) is 48.3 Å². The molecular weight excluding hydrogens is 450 g/mol. The predicted molar refractivity (Wildman–Crippen MR) is 110 cm³/mol. The van der Waals surface area contributed by atoms with Crippen molar-refractivity contribution in [2.75, 3.05) is 0 Å². The zero-order chi connectivity index (χ0) is 19.2. The van der Waals surface area contributed by atoms with E-state index in [1.165, 1.54) is 47.8 Å². The van der Waals surface area contributed by atoms with Crippen LogP contribution in [-0.2, 0) is 20.8 Å². The van der Waals surface area contributed by atoms with Crippen LogP contribution in [0.1, 0.15) is 27.2 Å². The standard InChI is InChI=1S/C24H22.2ClH.Zr/c1-23(2)15-24(3,21-14-8-13-20(21)23)22-18-11-6-4-9-16(18)17-10-5-7-12-19(17)22;;;/h4-14H,15H2,1-3H3;2*1H;/q;;;+4/p-2. The van der Waals surface area contributed by atoms with Gasteiger partial charge in [-0.3, -0.25) is 0 Å². The summed E-state index contributed by atoms with van der Waals surface area (Å²) in [6.45, 7) is 7.24. The molecular formula is C24H22Cl2Zr+2. The van der Waals surface area contributed by atoms with E-state index in [9.17, 15) is 0 Å². The van der Waals surface area contributed by atoms with Gasteiger partial charge in [0.15, 0.2) is 0 Å². The normalized spacial score (nSPS) is 33.7. The quantitative estimate of drug-likeness (QED) is 0.398. The Morgan fingerprint density at radius 1 is 0.741 bits per heavy atom. The molecule has 1 atom stereocenters. The fourth-order valence-electron chi connectivity index (χ4n) is 5.40. The third-order valence-electron chi connectivity index (χ3n) is 6.17. The number of hydrogen-bond donors (Lipinski definition) is 0. The first kappa shape index (κ1) is 20.7. The summed E-state index contributed by atoms with van der Waals surface area (Å²) in [4.78, 5) is 0. The van der Waals surface area contributed by atoms with E-state index < -0.39 is 20.8 Å². The van der Waals surface area contributed by atoms with E-state index in [-0.39, 0.29) is 10.8 Å². The van der Waals surface area contributed by atoms with Crippen LogP contribution >= 0.6 is 17.0 Å². The Balaban J connectivity index is 0.000000565. The number of halogens is 2. The molecule has 0 N–H and O–H groups in total. The van der Waals surface area contributed by atoms with Crippen molar-refractivity contribution >= 4 is 17.0 Å². The van der Waals surface area contributed by atoms with Crippen molar-refractivity contribution in [1.82, 2.24) is 0 Å². The average Bonchev–Trinajstić information content (AvgIpc) is 3.30. The first-order chi connectivity index (χ1) is 12.9. The molecule has 3 saturated carbocycles. The number of rotatable bonds is 1. The minimum absolute atomic E-state index is 0.0744. The van der Waals surface area contributed by atoms with Gasteiger partial charge in [-0.25, -0.2) is 0 Å². The molecule has 0 spiro atoms. The topological polar surface area (TPSA) is 0 Å². The van der Waals surface area contributed by atoms with E-state index in [0.717, 1.165) is 0 Å². The molecule has 5 rings (SSSR count).